The van der Waals surface area contributed by atoms with Crippen molar-refractivity contribution in [3.63, 3.8) is 0 Å². The molecule has 0 aromatic heterocycles. The maximum absolute atomic E-state index is 13.2. The van der Waals surface area contributed by atoms with Gasteiger partial charge < -0.3 is 20.4 Å². The average Bonchev–Trinajstić information content (AvgIpc) is 2.82. The van der Waals surface area contributed by atoms with E-state index in [0.717, 1.165) is 59.1 Å². The molecule has 0 saturated heterocycles. The van der Waals surface area contributed by atoms with Crippen LogP contribution < -0.4 is 0 Å². The lowest BCUT2D eigenvalue weighted by Gasteiger charge is -2.66. The summed E-state index contributed by atoms with van der Waals surface area (Å²) in [7, 11) is 0. The number of benzene rings is 2. The number of rotatable bonds is 2. The van der Waals surface area contributed by atoms with E-state index in [1.54, 1.807) is 0 Å². The molecule has 0 amide bonds. The molecule has 2 aromatic rings. The molecular formula is C38H56O4. The van der Waals surface area contributed by atoms with Crippen LogP contribution in [0.5, 0.6) is 11.5 Å². The van der Waals surface area contributed by atoms with Crippen LogP contribution in [-0.2, 0) is 32.9 Å². The van der Waals surface area contributed by atoms with Crippen LogP contribution in [0.3, 0.4) is 0 Å². The summed E-state index contributed by atoms with van der Waals surface area (Å²) in [5, 5.41) is 49.3. The lowest BCUT2D eigenvalue weighted by atomic mass is 9.42. The van der Waals surface area contributed by atoms with E-state index in [0.29, 0.717) is 17.4 Å². The third-order valence-electron chi connectivity index (χ3n) is 11.1. The second-order valence-corrected chi connectivity index (χ2v) is 18.2. The van der Waals surface area contributed by atoms with Gasteiger partial charge in [0, 0.05) is 5.92 Å². The van der Waals surface area contributed by atoms with Crippen molar-refractivity contribution >= 4 is 0 Å². The van der Waals surface area contributed by atoms with E-state index in [2.05, 4.69) is 83.1 Å². The van der Waals surface area contributed by atoms with Crippen molar-refractivity contribution in [3.05, 3.63) is 57.6 Å². The van der Waals surface area contributed by atoms with Crippen molar-refractivity contribution < 1.29 is 20.4 Å². The van der Waals surface area contributed by atoms with E-state index in [4.69, 9.17) is 0 Å². The molecular weight excluding hydrogens is 520 g/mol. The Hall–Kier alpha value is -2.04. The Morgan fingerprint density at radius 2 is 0.786 bits per heavy atom. The summed E-state index contributed by atoms with van der Waals surface area (Å²) in [5.74, 6) is 0.811. The van der Waals surface area contributed by atoms with Crippen molar-refractivity contribution in [2.45, 2.75) is 142 Å². The normalized spacial score (nSPS) is 31.6. The molecule has 42 heavy (non-hydrogen) atoms. The van der Waals surface area contributed by atoms with Crippen molar-refractivity contribution in [2.75, 3.05) is 0 Å². The molecule has 2 aromatic carbocycles. The van der Waals surface area contributed by atoms with Crippen LogP contribution in [0, 0.1) is 23.7 Å². The molecule has 4 unspecified atom stereocenters. The Kier molecular flexibility index (Phi) is 6.90. The largest absolute Gasteiger partial charge is 0.507 e. The number of aliphatic hydroxyl groups is 2. The molecule has 4 heteroatoms. The fourth-order valence-corrected chi connectivity index (χ4v) is 8.84. The summed E-state index contributed by atoms with van der Waals surface area (Å²) >= 11 is 0. The second-order valence-electron chi connectivity index (χ2n) is 18.2. The first-order valence-electron chi connectivity index (χ1n) is 16.1. The maximum Gasteiger partial charge on any atom is 0.123 e. The Morgan fingerprint density at radius 3 is 1.05 bits per heavy atom. The zero-order chi connectivity index (χ0) is 31.6. The zero-order valence-electron chi connectivity index (χ0n) is 28.2. The zero-order valence-corrected chi connectivity index (χ0v) is 28.2. The molecule has 6 atom stereocenters. The van der Waals surface area contributed by atoms with E-state index in [1.807, 2.05) is 24.3 Å². The third-order valence-corrected chi connectivity index (χ3v) is 11.1. The lowest BCUT2D eigenvalue weighted by Crippen LogP contribution is -2.66. The summed E-state index contributed by atoms with van der Waals surface area (Å²) in [6, 6.07) is 8.13. The Balaban J connectivity index is 1.78. The highest BCUT2D eigenvalue weighted by Crippen LogP contribution is 2.69. The minimum atomic E-state index is -1.24. The molecule has 4 N–H and O–H groups in total. The van der Waals surface area contributed by atoms with Gasteiger partial charge in [-0.15, -0.1) is 0 Å². The van der Waals surface area contributed by atoms with Gasteiger partial charge in [0.1, 0.15) is 11.5 Å². The van der Waals surface area contributed by atoms with Gasteiger partial charge in [0.05, 0.1) is 11.2 Å². The molecule has 4 fully saturated rings. The summed E-state index contributed by atoms with van der Waals surface area (Å²) in [6.45, 7) is 25.3. The van der Waals surface area contributed by atoms with Crippen molar-refractivity contribution in [1.29, 1.82) is 0 Å². The summed E-state index contributed by atoms with van der Waals surface area (Å²) in [6.07, 6.45) is 3.44. The number of phenols is 2. The van der Waals surface area contributed by atoms with Crippen LogP contribution in [0.1, 0.15) is 142 Å². The van der Waals surface area contributed by atoms with Crippen LogP contribution in [0.15, 0.2) is 24.3 Å². The minimum Gasteiger partial charge on any atom is -0.507 e. The SMILES string of the molecule is CC(C)(C)c1cc(C2(O)C3CC4C[C@@H]2C[C@H](C4)C3(O)c2cc(C(C)(C)C)c(O)c(C(C)(C)C)c2)cc(C(C)(C)C)c1O. The molecule has 0 radical (unpaired) electrons. The molecule has 0 aliphatic heterocycles. The van der Waals surface area contributed by atoms with Gasteiger partial charge in [-0.1, -0.05) is 83.1 Å². The topological polar surface area (TPSA) is 80.9 Å². The molecule has 4 nitrogen and oxygen atoms in total. The van der Waals surface area contributed by atoms with Gasteiger partial charge in [-0.3, -0.25) is 0 Å². The number of hydrogen-bond donors (Lipinski definition) is 4. The summed E-state index contributed by atoms with van der Waals surface area (Å²) in [5.41, 5.74) is 1.25. The van der Waals surface area contributed by atoms with Crippen molar-refractivity contribution in [2.24, 2.45) is 23.7 Å². The van der Waals surface area contributed by atoms with Gasteiger partial charge in [-0.2, -0.15) is 0 Å². The molecule has 4 aliphatic carbocycles. The highest BCUT2D eigenvalue weighted by Gasteiger charge is 2.68. The maximum atomic E-state index is 13.2. The first-order valence-corrected chi connectivity index (χ1v) is 16.1. The molecule has 232 valence electrons. The van der Waals surface area contributed by atoms with E-state index in [1.165, 1.54) is 0 Å². The first-order chi connectivity index (χ1) is 18.9. The van der Waals surface area contributed by atoms with Crippen LogP contribution in [0.25, 0.3) is 0 Å². The first kappa shape index (κ1) is 31.4. The number of phenolic OH excluding ortho intramolecular Hbond substituents is 2. The molecule has 6 rings (SSSR count). The third kappa shape index (κ3) is 4.62. The van der Waals surface area contributed by atoms with Gasteiger partial charge in [-0.05, 0) is 123 Å². The Bertz CT molecular complexity index is 1220. The average molecular weight is 577 g/mol. The fraction of sp³-hybridized carbons (Fsp3) is 0.684. The second kappa shape index (κ2) is 9.24. The Labute approximate surface area is 254 Å². The van der Waals surface area contributed by atoms with E-state index >= 15 is 0 Å². The van der Waals surface area contributed by atoms with Crippen LogP contribution in [-0.4, -0.2) is 20.4 Å². The molecule has 4 bridgehead atoms. The van der Waals surface area contributed by atoms with Gasteiger partial charge in [0.15, 0.2) is 0 Å². The van der Waals surface area contributed by atoms with E-state index < -0.39 is 17.1 Å². The molecule has 4 aliphatic rings. The predicted octanol–water partition coefficient (Wildman–Crippen LogP) is 8.43. The highest BCUT2D eigenvalue weighted by atomic mass is 16.3. The predicted molar refractivity (Wildman–Crippen MR) is 171 cm³/mol. The van der Waals surface area contributed by atoms with Crippen molar-refractivity contribution in [3.8, 4) is 11.5 Å². The van der Waals surface area contributed by atoms with Gasteiger partial charge in [-0.25, -0.2) is 0 Å². The number of hydrogen-bond acceptors (Lipinski definition) is 4. The minimum absolute atomic E-state index is 0.0479. The van der Waals surface area contributed by atoms with Crippen molar-refractivity contribution in [1.82, 2.24) is 0 Å². The molecule has 0 heterocycles. The highest BCUT2D eigenvalue weighted by molar-refractivity contribution is 5.54. The summed E-state index contributed by atoms with van der Waals surface area (Å²) in [4.78, 5) is 0. The number of aromatic hydroxyl groups is 2. The lowest BCUT2D eigenvalue weighted by molar-refractivity contribution is -0.279. The Morgan fingerprint density at radius 1 is 0.500 bits per heavy atom. The van der Waals surface area contributed by atoms with Gasteiger partial charge >= 0.3 is 0 Å². The van der Waals surface area contributed by atoms with E-state index in [-0.39, 0.29) is 33.5 Å². The molecule has 4 saturated carbocycles. The standard InChI is InChI=1S/C38H56O4/c1-33(2,3)26-17-24(18-27(31(26)39)34(4,5)6)37(41)22-13-21-14-23(16-22)38(42,30(37)15-21)25-19-28(35(7,8)9)32(40)29(20-25)36(10,11)12/h17-23,30,39-42H,13-16H2,1-12H3/t21?,22-,23+,30?,37?,38?. The fourth-order valence-electron chi connectivity index (χ4n) is 8.84. The van der Waals surface area contributed by atoms with Gasteiger partial charge in [0.2, 0.25) is 0 Å². The smallest absolute Gasteiger partial charge is 0.123 e. The summed E-state index contributed by atoms with van der Waals surface area (Å²) < 4.78 is 0. The van der Waals surface area contributed by atoms with Crippen LogP contribution >= 0.6 is 0 Å². The van der Waals surface area contributed by atoms with Gasteiger partial charge in [0.25, 0.3) is 0 Å². The van der Waals surface area contributed by atoms with Crippen LogP contribution in [0.4, 0.5) is 0 Å². The molecule has 0 spiro atoms. The van der Waals surface area contributed by atoms with E-state index in [9.17, 15) is 20.4 Å². The van der Waals surface area contributed by atoms with Crippen LogP contribution in [0.2, 0.25) is 0 Å². The monoisotopic (exact) mass is 576 g/mol. The quantitative estimate of drug-likeness (QED) is 0.289.